The lowest BCUT2D eigenvalue weighted by molar-refractivity contribution is -0.356. The summed E-state index contributed by atoms with van der Waals surface area (Å²) in [6.45, 7) is 0. The Balaban J connectivity index is 1.90. The summed E-state index contributed by atoms with van der Waals surface area (Å²) in [6.07, 6.45) is -0.220. The van der Waals surface area contributed by atoms with Crippen LogP contribution in [0.2, 0.25) is 0 Å². The fourth-order valence-corrected chi connectivity index (χ4v) is 3.05. The minimum absolute atomic E-state index is 0.0518. The molecule has 0 aliphatic carbocycles. The maximum Gasteiger partial charge on any atom is 0.343 e. The lowest BCUT2D eigenvalue weighted by Crippen LogP contribution is -2.72. The van der Waals surface area contributed by atoms with Crippen molar-refractivity contribution in [1.82, 2.24) is 0 Å². The molecule has 0 fully saturated rings. The van der Waals surface area contributed by atoms with Crippen LogP contribution in [-0.2, 0) is 11.2 Å². The van der Waals surface area contributed by atoms with Crippen molar-refractivity contribution >= 4 is 45.8 Å². The maximum absolute atomic E-state index is 12.8. The maximum atomic E-state index is 12.8. The van der Waals surface area contributed by atoms with E-state index in [1.54, 1.807) is 42.5 Å². The van der Waals surface area contributed by atoms with Gasteiger partial charge in [-0.2, -0.15) is 0 Å². The highest BCUT2D eigenvalue weighted by Crippen LogP contribution is 2.20. The number of aliphatic carboxylic acids is 1. The smallest absolute Gasteiger partial charge is 0.343 e. The Morgan fingerprint density at radius 2 is 1.57 bits per heavy atom. The molecule has 0 unspecified atom stereocenters. The topological polar surface area (TPSA) is 184 Å². The molecular weight excluding hydrogens is 384 g/mol. The van der Waals surface area contributed by atoms with Crippen LogP contribution in [-0.4, -0.2) is 28.8 Å². The Bertz CT molecular complexity index is 1200. The number of nitrogens with two attached hydrogens (primary N) is 4. The first kappa shape index (κ1) is 20.3. The Hall–Kier alpha value is -4.40. The van der Waals surface area contributed by atoms with Crippen molar-refractivity contribution in [3.63, 3.8) is 0 Å². The molecule has 0 radical (unpaired) electrons. The number of carbonyl (C=O) groups is 2. The van der Waals surface area contributed by atoms with Gasteiger partial charge in [0.25, 0.3) is 11.7 Å². The summed E-state index contributed by atoms with van der Waals surface area (Å²) < 4.78 is 0. The van der Waals surface area contributed by atoms with E-state index >= 15 is 0 Å². The lowest BCUT2D eigenvalue weighted by atomic mass is 10.0. The van der Waals surface area contributed by atoms with Crippen LogP contribution in [0.1, 0.15) is 21.5 Å². The van der Waals surface area contributed by atoms with Crippen LogP contribution in [0.5, 0.6) is 0 Å². The Morgan fingerprint density at radius 3 is 2.17 bits per heavy atom. The highest BCUT2D eigenvalue weighted by atomic mass is 16.4. The van der Waals surface area contributed by atoms with Crippen LogP contribution in [0, 0.1) is 0 Å². The van der Waals surface area contributed by atoms with Crippen molar-refractivity contribution in [2.45, 2.75) is 6.42 Å². The zero-order chi connectivity index (χ0) is 21.8. The number of hydrogen-bond donors (Lipinski definition) is 7. The third-order valence-electron chi connectivity index (χ3n) is 4.33. The number of amidine groups is 1. The molecule has 0 saturated carbocycles. The van der Waals surface area contributed by atoms with Crippen LogP contribution >= 0.6 is 0 Å². The van der Waals surface area contributed by atoms with Crippen molar-refractivity contribution in [3.8, 4) is 0 Å². The molecule has 0 bridgehead atoms. The van der Waals surface area contributed by atoms with Crippen LogP contribution in [0.15, 0.2) is 54.6 Å². The first-order chi connectivity index (χ1) is 14.2. The highest BCUT2D eigenvalue weighted by Gasteiger charge is 2.11. The van der Waals surface area contributed by atoms with Gasteiger partial charge >= 0.3 is 11.9 Å². The second-order valence-corrected chi connectivity index (χ2v) is 6.76. The van der Waals surface area contributed by atoms with Gasteiger partial charge in [-0.15, -0.1) is 0 Å². The van der Waals surface area contributed by atoms with Gasteiger partial charge in [-0.05, 0) is 52.7 Å². The summed E-state index contributed by atoms with van der Waals surface area (Å²) in [6, 6.07) is 15.5. The standard InChI is InChI=1S/C21H20N6O3/c22-19(23)14-3-1-13-9-15(4-2-12(13)8-14)20(30)26-16-5-11(7-18(28)29)6-17(10-16)27-21(24)25/h1-6,8-10H,7H2,(H3,22,23)(H,26,30)(H,28,29)(H4,24,25,27)/p+2. The Morgan fingerprint density at radius 1 is 0.933 bits per heavy atom. The quantitative estimate of drug-likeness (QED) is 0.186. The van der Waals surface area contributed by atoms with Crippen LogP contribution in [0.3, 0.4) is 0 Å². The molecule has 0 heterocycles. The van der Waals surface area contributed by atoms with Crippen molar-refractivity contribution < 1.29 is 25.1 Å². The summed E-state index contributed by atoms with van der Waals surface area (Å²) in [4.78, 5) is 26.5. The van der Waals surface area contributed by atoms with Gasteiger partial charge in [-0.3, -0.25) is 32.2 Å². The van der Waals surface area contributed by atoms with E-state index in [1.165, 1.54) is 0 Å². The molecule has 0 spiro atoms. The second-order valence-electron chi connectivity index (χ2n) is 6.76. The van der Waals surface area contributed by atoms with Crippen molar-refractivity contribution in [3.05, 3.63) is 71.3 Å². The molecule has 0 aromatic heterocycles. The van der Waals surface area contributed by atoms with Gasteiger partial charge in [0.05, 0.1) is 12.0 Å². The zero-order valence-corrected chi connectivity index (χ0v) is 16.0. The summed E-state index contributed by atoms with van der Waals surface area (Å²) in [5.41, 5.74) is 19.0. The van der Waals surface area contributed by atoms with Gasteiger partial charge in [0.1, 0.15) is 5.69 Å². The fraction of sp³-hybridized carbons (Fsp3) is 0.0476. The second kappa shape index (κ2) is 8.31. The van der Waals surface area contributed by atoms with Crippen molar-refractivity contribution in [2.75, 3.05) is 5.32 Å². The Labute approximate surface area is 171 Å². The summed E-state index contributed by atoms with van der Waals surface area (Å²) in [5.74, 6) is -1.18. The largest absolute Gasteiger partial charge is 0.481 e. The summed E-state index contributed by atoms with van der Waals surface area (Å²) in [5, 5.41) is 19.2. The number of nitrogens with one attached hydrogen (secondary N) is 2. The molecule has 11 N–H and O–H groups in total. The predicted octanol–water partition coefficient (Wildman–Crippen LogP) is -1.83. The fourth-order valence-electron chi connectivity index (χ4n) is 3.05. The number of hydrogen-bond acceptors (Lipinski definition) is 2. The highest BCUT2D eigenvalue weighted by molar-refractivity contribution is 6.07. The van der Waals surface area contributed by atoms with E-state index in [9.17, 15) is 9.59 Å². The molecule has 3 rings (SSSR count). The molecule has 3 aromatic rings. The summed E-state index contributed by atoms with van der Waals surface area (Å²) >= 11 is 0. The molecule has 3 aromatic carbocycles. The molecule has 0 saturated heterocycles. The number of amides is 1. The number of rotatable bonds is 6. The third kappa shape index (κ3) is 4.90. The van der Waals surface area contributed by atoms with E-state index in [0.717, 1.165) is 10.8 Å². The molecule has 0 aliphatic rings. The van der Waals surface area contributed by atoms with Crippen LogP contribution in [0.25, 0.3) is 10.8 Å². The molecule has 0 aliphatic heterocycles. The van der Waals surface area contributed by atoms with Gasteiger partial charge < -0.3 is 10.4 Å². The predicted molar refractivity (Wildman–Crippen MR) is 114 cm³/mol. The SMILES string of the molecule is NC(=[NH2+])c1ccc2cc(C(=O)Nc3cc(CC(=O)O)cc([NH+]=C(N)N)c3)ccc2c1. The number of carboxylic acids is 1. The minimum atomic E-state index is -1.00. The van der Waals surface area contributed by atoms with Gasteiger partial charge in [-0.25, -0.2) is 4.99 Å². The lowest BCUT2D eigenvalue weighted by Gasteiger charge is -2.09. The summed E-state index contributed by atoms with van der Waals surface area (Å²) in [7, 11) is 0. The molecule has 9 heteroatoms. The number of guanidine groups is 1. The first-order valence-electron chi connectivity index (χ1n) is 8.95. The van der Waals surface area contributed by atoms with E-state index in [2.05, 4.69) is 10.3 Å². The van der Waals surface area contributed by atoms with Gasteiger partial charge in [0.2, 0.25) is 0 Å². The number of carbonyl (C=O) groups excluding carboxylic acids is 1. The van der Waals surface area contributed by atoms with E-state index in [4.69, 9.17) is 27.7 Å². The number of carboxylic acid groups (broad SMARTS) is 1. The molecule has 30 heavy (non-hydrogen) atoms. The third-order valence-corrected chi connectivity index (χ3v) is 4.33. The molecule has 1 amide bonds. The van der Waals surface area contributed by atoms with Gasteiger partial charge in [-0.1, -0.05) is 12.1 Å². The van der Waals surface area contributed by atoms with Crippen molar-refractivity contribution in [1.29, 1.82) is 0 Å². The average molecular weight is 406 g/mol. The van der Waals surface area contributed by atoms with E-state index in [0.29, 0.717) is 28.1 Å². The number of anilines is 1. The minimum Gasteiger partial charge on any atom is -0.481 e. The zero-order valence-electron chi connectivity index (χ0n) is 16.0. The number of fused-ring (bicyclic) bond motifs is 1. The van der Waals surface area contributed by atoms with E-state index in [-0.39, 0.29) is 24.1 Å². The Kier molecular flexibility index (Phi) is 5.63. The normalized spacial score (nSPS) is 10.4. The first-order valence-corrected chi connectivity index (χ1v) is 8.95. The van der Waals surface area contributed by atoms with Gasteiger partial charge in [0.15, 0.2) is 0 Å². The molecule has 152 valence electrons. The average Bonchev–Trinajstić information content (AvgIpc) is 2.65. The van der Waals surface area contributed by atoms with Crippen LogP contribution in [0.4, 0.5) is 11.4 Å². The van der Waals surface area contributed by atoms with Crippen LogP contribution < -0.4 is 32.9 Å². The van der Waals surface area contributed by atoms with Gasteiger partial charge in [0, 0.05) is 17.3 Å². The molecule has 0 atom stereocenters. The van der Waals surface area contributed by atoms with E-state index < -0.39 is 5.97 Å². The number of benzene rings is 3. The van der Waals surface area contributed by atoms with E-state index in [1.807, 2.05) is 12.1 Å². The molecular formula is C21H22N6O3+2. The molecule has 9 nitrogen and oxygen atoms in total. The monoisotopic (exact) mass is 406 g/mol. The van der Waals surface area contributed by atoms with Crippen molar-refractivity contribution in [2.24, 2.45) is 17.2 Å².